The maximum atomic E-state index is 12.6. The number of hydrogen-bond acceptors (Lipinski definition) is 4. The van der Waals surface area contributed by atoms with E-state index in [-0.39, 0.29) is 17.9 Å². The Morgan fingerprint density at radius 3 is 3.07 bits per heavy atom. The highest BCUT2D eigenvalue weighted by Gasteiger charge is 2.34. The summed E-state index contributed by atoms with van der Waals surface area (Å²) in [5.74, 6) is 0.160. The zero-order valence-electron chi connectivity index (χ0n) is 17.2. The fraction of sp³-hybridized carbons (Fsp3) is 0.542. The molecular weight excluding hydrogens is 362 g/mol. The first kappa shape index (κ1) is 18.9. The van der Waals surface area contributed by atoms with Crippen LogP contribution in [0.15, 0.2) is 30.5 Å². The molecule has 2 aromatic rings. The van der Waals surface area contributed by atoms with Gasteiger partial charge in [-0.25, -0.2) is 0 Å². The molecule has 154 valence electrons. The van der Waals surface area contributed by atoms with E-state index in [1.54, 1.807) is 0 Å². The van der Waals surface area contributed by atoms with Crippen LogP contribution in [0.1, 0.15) is 43.2 Å². The van der Waals surface area contributed by atoms with E-state index in [1.807, 2.05) is 0 Å². The highest BCUT2D eigenvalue weighted by atomic mass is 16.5. The van der Waals surface area contributed by atoms with Gasteiger partial charge < -0.3 is 15.0 Å². The number of likely N-dealkylation sites (N-methyl/N-ethyl adjacent to an activating group) is 1. The fourth-order valence-corrected chi connectivity index (χ4v) is 5.35. The minimum Gasteiger partial charge on any atom is -0.464 e. The maximum absolute atomic E-state index is 12.6. The Kier molecular flexibility index (Phi) is 5.18. The van der Waals surface area contributed by atoms with E-state index in [9.17, 15) is 4.79 Å². The summed E-state index contributed by atoms with van der Waals surface area (Å²) in [4.78, 5) is 18.5. The van der Waals surface area contributed by atoms with Crippen molar-refractivity contribution in [1.82, 2.24) is 15.2 Å². The van der Waals surface area contributed by atoms with Crippen molar-refractivity contribution >= 4 is 22.4 Å². The Morgan fingerprint density at radius 1 is 1.24 bits per heavy atom. The summed E-state index contributed by atoms with van der Waals surface area (Å²) >= 11 is 0. The van der Waals surface area contributed by atoms with Gasteiger partial charge in [0.15, 0.2) is 0 Å². The average molecular weight is 394 g/mol. The molecule has 1 aromatic heterocycles. The van der Waals surface area contributed by atoms with E-state index >= 15 is 0 Å². The van der Waals surface area contributed by atoms with Gasteiger partial charge in [-0.15, -0.1) is 0 Å². The number of nitrogens with one attached hydrogen (secondary N) is 2. The van der Waals surface area contributed by atoms with Gasteiger partial charge in [-0.05, 0) is 55.6 Å². The van der Waals surface area contributed by atoms with Gasteiger partial charge in [-0.3, -0.25) is 9.69 Å². The van der Waals surface area contributed by atoms with Crippen LogP contribution in [0.3, 0.4) is 0 Å². The quantitative estimate of drug-likeness (QED) is 0.784. The molecule has 29 heavy (non-hydrogen) atoms. The number of aromatic nitrogens is 1. The van der Waals surface area contributed by atoms with Gasteiger partial charge in [-0.1, -0.05) is 37.5 Å². The Labute approximate surface area is 172 Å². The van der Waals surface area contributed by atoms with Crippen LogP contribution in [0, 0.1) is 5.92 Å². The zero-order valence-corrected chi connectivity index (χ0v) is 17.2. The smallest absolute Gasteiger partial charge is 0.323 e. The van der Waals surface area contributed by atoms with Crippen molar-refractivity contribution in [2.45, 2.75) is 50.6 Å². The molecule has 2 N–H and O–H groups in total. The van der Waals surface area contributed by atoms with Gasteiger partial charge in [0.05, 0.1) is 6.61 Å². The average Bonchev–Trinajstić information content (AvgIpc) is 3.11. The molecule has 5 nitrogen and oxygen atoms in total. The fourth-order valence-electron chi connectivity index (χ4n) is 5.35. The molecule has 3 heterocycles. The minimum atomic E-state index is -0.136. The van der Waals surface area contributed by atoms with Gasteiger partial charge in [0.1, 0.15) is 6.04 Å². The van der Waals surface area contributed by atoms with Crippen molar-refractivity contribution in [2.24, 2.45) is 5.92 Å². The number of benzene rings is 1. The van der Waals surface area contributed by atoms with E-state index in [2.05, 4.69) is 52.7 Å². The first-order chi connectivity index (χ1) is 14.2. The molecule has 1 unspecified atom stereocenters. The number of carbonyl (C=O) groups excluding carboxylic acids is 1. The van der Waals surface area contributed by atoms with Crippen LogP contribution in [0.5, 0.6) is 0 Å². The first-order valence-corrected chi connectivity index (χ1v) is 11.1. The lowest BCUT2D eigenvalue weighted by Gasteiger charge is -2.39. The number of aromatic amines is 1. The lowest BCUT2D eigenvalue weighted by molar-refractivity contribution is -0.147. The van der Waals surface area contributed by atoms with Crippen LogP contribution in [-0.2, 0) is 16.0 Å². The van der Waals surface area contributed by atoms with Crippen LogP contribution in [0.4, 0.5) is 0 Å². The summed E-state index contributed by atoms with van der Waals surface area (Å²) in [5.41, 5.74) is 5.34. The predicted molar refractivity (Wildman–Crippen MR) is 116 cm³/mol. The Bertz CT molecular complexity index is 923. The van der Waals surface area contributed by atoms with Gasteiger partial charge in [0.25, 0.3) is 0 Å². The molecule has 2 aliphatic heterocycles. The molecule has 0 saturated carbocycles. The molecule has 1 aromatic carbocycles. The Morgan fingerprint density at radius 2 is 2.14 bits per heavy atom. The topological polar surface area (TPSA) is 57.4 Å². The van der Waals surface area contributed by atoms with Crippen molar-refractivity contribution < 1.29 is 9.53 Å². The van der Waals surface area contributed by atoms with E-state index < -0.39 is 0 Å². The van der Waals surface area contributed by atoms with Crippen LogP contribution >= 0.6 is 0 Å². The van der Waals surface area contributed by atoms with Gasteiger partial charge in [0, 0.05) is 35.6 Å². The lowest BCUT2D eigenvalue weighted by Crippen LogP contribution is -2.44. The molecule has 1 aliphatic carbocycles. The monoisotopic (exact) mass is 393 g/mol. The highest BCUT2D eigenvalue weighted by molar-refractivity contribution is 5.98. The maximum Gasteiger partial charge on any atom is 0.323 e. The van der Waals surface area contributed by atoms with Crippen molar-refractivity contribution in [1.29, 1.82) is 0 Å². The molecule has 5 heteroatoms. The van der Waals surface area contributed by atoms with Gasteiger partial charge >= 0.3 is 5.97 Å². The molecule has 3 aliphatic rings. The van der Waals surface area contributed by atoms with E-state index in [1.165, 1.54) is 40.4 Å². The van der Waals surface area contributed by atoms with Crippen molar-refractivity contribution in [2.75, 3.05) is 26.7 Å². The Hall–Kier alpha value is -2.11. The van der Waals surface area contributed by atoms with Gasteiger partial charge in [0.2, 0.25) is 0 Å². The van der Waals surface area contributed by atoms with E-state index in [0.29, 0.717) is 12.6 Å². The molecule has 5 rings (SSSR count). The van der Waals surface area contributed by atoms with Crippen LogP contribution in [-0.4, -0.2) is 54.7 Å². The summed E-state index contributed by atoms with van der Waals surface area (Å²) in [6.45, 7) is 2.31. The number of carbonyl (C=O) groups is 1. The third kappa shape index (κ3) is 3.62. The molecule has 0 amide bonds. The standard InChI is InChI=1S/C24H31N3O2/c1-27-14-16(15-29-24(28)21-8-4-2-3-5-10-25-21)11-19-18-7-6-9-20-23(18)17(13-26-20)12-22(19)27/h6-7,9,11,13,16,21-22,25-26H,2-5,8,10,12,14-15H2,1H3/t16-,21?,22-/m1/s1. The molecule has 1 fully saturated rings. The van der Waals surface area contributed by atoms with Crippen LogP contribution in [0.25, 0.3) is 16.5 Å². The highest BCUT2D eigenvalue weighted by Crippen LogP contribution is 2.40. The molecular formula is C24H31N3O2. The number of esters is 1. The van der Waals surface area contributed by atoms with E-state index in [0.717, 1.165) is 38.8 Å². The third-order valence-electron chi connectivity index (χ3n) is 6.88. The van der Waals surface area contributed by atoms with Crippen LogP contribution < -0.4 is 5.32 Å². The zero-order chi connectivity index (χ0) is 19.8. The van der Waals surface area contributed by atoms with E-state index in [4.69, 9.17) is 4.74 Å². The number of fused-ring (bicyclic) bond motifs is 2. The number of nitrogens with zero attached hydrogens (tertiary/aromatic N) is 1. The van der Waals surface area contributed by atoms with Crippen molar-refractivity contribution in [3.63, 3.8) is 0 Å². The Balaban J connectivity index is 1.32. The second kappa shape index (κ2) is 7.96. The predicted octanol–water partition coefficient (Wildman–Crippen LogP) is 3.50. The second-order valence-corrected chi connectivity index (χ2v) is 8.92. The number of rotatable bonds is 3. The molecule has 1 saturated heterocycles. The minimum absolute atomic E-state index is 0.0752. The summed E-state index contributed by atoms with van der Waals surface area (Å²) in [5, 5.41) is 4.74. The molecule has 0 bridgehead atoms. The normalized spacial score (nSPS) is 27.6. The molecule has 3 atom stereocenters. The lowest BCUT2D eigenvalue weighted by atomic mass is 9.80. The van der Waals surface area contributed by atoms with Gasteiger partial charge in [-0.2, -0.15) is 0 Å². The number of ether oxygens (including phenoxy) is 1. The summed E-state index contributed by atoms with van der Waals surface area (Å²) in [7, 11) is 2.20. The number of hydrogen-bond donors (Lipinski definition) is 2. The van der Waals surface area contributed by atoms with Crippen molar-refractivity contribution in [3.05, 3.63) is 41.6 Å². The number of H-pyrrole nitrogens is 1. The third-order valence-corrected chi connectivity index (χ3v) is 6.88. The van der Waals surface area contributed by atoms with Crippen LogP contribution in [0.2, 0.25) is 0 Å². The largest absolute Gasteiger partial charge is 0.464 e. The summed E-state index contributed by atoms with van der Waals surface area (Å²) in [6, 6.07) is 6.78. The summed E-state index contributed by atoms with van der Waals surface area (Å²) in [6.07, 6.45) is 11.2. The SMILES string of the molecule is CN1C[C@H](COC(=O)C2CCCCCCN2)C=C2c3cccc4[nH]cc(c34)C[C@H]21. The molecule has 0 radical (unpaired) electrons. The first-order valence-electron chi connectivity index (χ1n) is 11.1. The van der Waals surface area contributed by atoms with Crippen molar-refractivity contribution in [3.8, 4) is 0 Å². The second-order valence-electron chi connectivity index (χ2n) is 8.92. The molecule has 0 spiro atoms. The summed E-state index contributed by atoms with van der Waals surface area (Å²) < 4.78 is 5.79.